The third kappa shape index (κ3) is 3.30. The van der Waals surface area contributed by atoms with E-state index in [1.165, 1.54) is 0 Å². The summed E-state index contributed by atoms with van der Waals surface area (Å²) in [6.45, 7) is 5.29. The SMILES string of the molecule is O=CC1CCN(P(N2CCC(C=O)C2)N2CCC(C=O)C2)C1. The number of aldehydes is 3. The molecule has 3 atom stereocenters. The van der Waals surface area contributed by atoms with Crippen molar-refractivity contribution >= 4 is 27.2 Å². The van der Waals surface area contributed by atoms with Gasteiger partial charge in [0.15, 0.2) is 0 Å². The molecule has 6 nitrogen and oxygen atoms in total. The zero-order chi connectivity index (χ0) is 15.5. The lowest BCUT2D eigenvalue weighted by molar-refractivity contribution is -0.111. The summed E-state index contributed by atoms with van der Waals surface area (Å²) in [6, 6.07) is 0. The Kier molecular flexibility index (Phi) is 5.34. The predicted octanol–water partition coefficient (Wildman–Crippen LogP) is 0.776. The lowest BCUT2D eigenvalue weighted by Crippen LogP contribution is -2.35. The highest BCUT2D eigenvalue weighted by molar-refractivity contribution is 7.50. The highest BCUT2D eigenvalue weighted by Crippen LogP contribution is 2.53. The van der Waals surface area contributed by atoms with Crippen LogP contribution in [0.2, 0.25) is 0 Å². The Labute approximate surface area is 132 Å². The molecule has 22 heavy (non-hydrogen) atoms. The minimum Gasteiger partial charge on any atom is -0.303 e. The van der Waals surface area contributed by atoms with Gasteiger partial charge in [0.1, 0.15) is 27.2 Å². The van der Waals surface area contributed by atoms with E-state index in [0.29, 0.717) is 0 Å². The molecule has 0 spiro atoms. The van der Waals surface area contributed by atoms with Gasteiger partial charge in [-0.25, -0.2) is 0 Å². The molecule has 0 aromatic carbocycles. The molecule has 3 fully saturated rings. The second-order valence-corrected chi connectivity index (χ2v) is 8.79. The van der Waals surface area contributed by atoms with Crippen LogP contribution in [0.25, 0.3) is 0 Å². The zero-order valence-corrected chi connectivity index (χ0v) is 13.7. The van der Waals surface area contributed by atoms with Gasteiger partial charge in [-0.05, 0) is 19.3 Å². The highest BCUT2D eigenvalue weighted by atomic mass is 31.2. The van der Waals surface area contributed by atoms with Gasteiger partial charge >= 0.3 is 0 Å². The van der Waals surface area contributed by atoms with Gasteiger partial charge in [0.05, 0.1) is 0 Å². The van der Waals surface area contributed by atoms with Gasteiger partial charge in [0, 0.05) is 57.0 Å². The van der Waals surface area contributed by atoms with Gasteiger partial charge in [0.25, 0.3) is 0 Å². The molecular formula is C15H24N3O3P. The van der Waals surface area contributed by atoms with Gasteiger partial charge in [-0.15, -0.1) is 0 Å². The molecule has 0 N–H and O–H groups in total. The van der Waals surface area contributed by atoms with E-state index in [-0.39, 0.29) is 17.8 Å². The van der Waals surface area contributed by atoms with Crippen molar-refractivity contribution in [2.24, 2.45) is 17.8 Å². The van der Waals surface area contributed by atoms with Crippen molar-refractivity contribution < 1.29 is 14.4 Å². The van der Waals surface area contributed by atoms with Crippen LogP contribution in [-0.4, -0.2) is 72.1 Å². The van der Waals surface area contributed by atoms with Crippen LogP contribution in [0.3, 0.4) is 0 Å². The number of carbonyl (C=O) groups excluding carboxylic acids is 3. The summed E-state index contributed by atoms with van der Waals surface area (Å²) in [5.74, 6) is 0.414. The predicted molar refractivity (Wildman–Crippen MR) is 84.2 cm³/mol. The monoisotopic (exact) mass is 325 g/mol. The van der Waals surface area contributed by atoms with E-state index >= 15 is 0 Å². The number of nitrogens with zero attached hydrogens (tertiary/aromatic N) is 3. The lowest BCUT2D eigenvalue weighted by atomic mass is 10.2. The first-order valence-corrected chi connectivity index (χ1v) is 9.35. The smallest absolute Gasteiger partial charge is 0.124 e. The first-order valence-electron chi connectivity index (χ1n) is 8.15. The fraction of sp³-hybridized carbons (Fsp3) is 0.800. The fourth-order valence-corrected chi connectivity index (χ4v) is 6.69. The van der Waals surface area contributed by atoms with E-state index < -0.39 is 8.37 Å². The molecule has 0 amide bonds. The van der Waals surface area contributed by atoms with E-state index in [1.54, 1.807) is 0 Å². The number of rotatable bonds is 6. The fourth-order valence-electron chi connectivity index (χ4n) is 3.66. The number of hydrogen-bond acceptors (Lipinski definition) is 6. The van der Waals surface area contributed by atoms with Gasteiger partial charge in [-0.2, -0.15) is 0 Å². The molecule has 0 aliphatic carbocycles. The van der Waals surface area contributed by atoms with E-state index in [1.807, 2.05) is 0 Å². The summed E-state index contributed by atoms with van der Waals surface area (Å²) in [6.07, 6.45) is 6.01. The largest absolute Gasteiger partial charge is 0.303 e. The Morgan fingerprint density at radius 1 is 0.636 bits per heavy atom. The van der Waals surface area contributed by atoms with E-state index in [2.05, 4.69) is 14.0 Å². The van der Waals surface area contributed by atoms with Crippen molar-refractivity contribution in [1.29, 1.82) is 0 Å². The molecule has 122 valence electrons. The maximum absolute atomic E-state index is 11.1. The van der Waals surface area contributed by atoms with E-state index in [0.717, 1.165) is 77.4 Å². The standard InChI is InChI=1S/C15H24N3O3P/c19-10-13-1-4-16(7-13)22(17-5-2-14(8-17)11-20)18-6-3-15(9-18)12-21/h10-15H,1-9H2. The van der Waals surface area contributed by atoms with Crippen molar-refractivity contribution in [3.63, 3.8) is 0 Å². The maximum atomic E-state index is 11.1. The molecule has 0 radical (unpaired) electrons. The Hall–Kier alpha value is -0.680. The van der Waals surface area contributed by atoms with E-state index in [9.17, 15) is 14.4 Å². The lowest BCUT2D eigenvalue weighted by Gasteiger charge is -2.40. The van der Waals surface area contributed by atoms with Crippen LogP contribution in [0.5, 0.6) is 0 Å². The Balaban J connectivity index is 1.72. The average molecular weight is 325 g/mol. The molecular weight excluding hydrogens is 301 g/mol. The first kappa shape index (κ1) is 16.2. The molecule has 3 unspecified atom stereocenters. The summed E-state index contributed by atoms with van der Waals surface area (Å²) in [5, 5.41) is 0. The number of carbonyl (C=O) groups is 3. The van der Waals surface area contributed by atoms with Crippen LogP contribution in [0, 0.1) is 17.8 Å². The Morgan fingerprint density at radius 2 is 0.955 bits per heavy atom. The Bertz CT molecular complexity index is 374. The highest BCUT2D eigenvalue weighted by Gasteiger charge is 2.41. The molecule has 7 heteroatoms. The van der Waals surface area contributed by atoms with Crippen molar-refractivity contribution in [2.75, 3.05) is 39.3 Å². The van der Waals surface area contributed by atoms with Crippen LogP contribution in [-0.2, 0) is 14.4 Å². The molecule has 3 saturated heterocycles. The van der Waals surface area contributed by atoms with Gasteiger partial charge in [-0.3, -0.25) is 14.0 Å². The molecule has 3 aliphatic rings. The molecule has 0 aromatic heterocycles. The summed E-state index contributed by atoms with van der Waals surface area (Å²) >= 11 is 0. The molecule has 0 saturated carbocycles. The molecule has 0 bridgehead atoms. The van der Waals surface area contributed by atoms with Crippen LogP contribution in [0.4, 0.5) is 0 Å². The van der Waals surface area contributed by atoms with Crippen molar-refractivity contribution in [1.82, 2.24) is 14.0 Å². The van der Waals surface area contributed by atoms with Crippen molar-refractivity contribution in [3.05, 3.63) is 0 Å². The van der Waals surface area contributed by atoms with Crippen LogP contribution < -0.4 is 0 Å². The van der Waals surface area contributed by atoms with E-state index in [4.69, 9.17) is 0 Å². The normalized spacial score (nSPS) is 35.7. The van der Waals surface area contributed by atoms with Crippen LogP contribution in [0.1, 0.15) is 19.3 Å². The van der Waals surface area contributed by atoms with Crippen LogP contribution in [0.15, 0.2) is 0 Å². The summed E-state index contributed by atoms with van der Waals surface area (Å²) in [5.41, 5.74) is 0. The average Bonchev–Trinajstić information content (AvgIpc) is 3.28. The van der Waals surface area contributed by atoms with Gasteiger partial charge in [-0.1, -0.05) is 0 Å². The third-order valence-corrected chi connectivity index (χ3v) is 7.55. The summed E-state index contributed by atoms with van der Waals surface area (Å²) in [4.78, 5) is 33.2. The topological polar surface area (TPSA) is 60.9 Å². The number of hydrogen-bond donors (Lipinski definition) is 0. The summed E-state index contributed by atoms with van der Waals surface area (Å²) < 4.78 is 7.28. The first-order chi connectivity index (χ1) is 10.7. The minimum absolute atomic E-state index is 0.138. The van der Waals surface area contributed by atoms with Crippen molar-refractivity contribution in [3.8, 4) is 0 Å². The molecule has 3 heterocycles. The molecule has 3 rings (SSSR count). The van der Waals surface area contributed by atoms with Gasteiger partial charge < -0.3 is 14.4 Å². The second kappa shape index (κ2) is 7.26. The second-order valence-electron chi connectivity index (χ2n) is 6.56. The minimum atomic E-state index is -0.638. The Morgan fingerprint density at radius 3 is 1.18 bits per heavy atom. The third-order valence-electron chi connectivity index (χ3n) is 4.95. The summed E-state index contributed by atoms with van der Waals surface area (Å²) in [7, 11) is -0.638. The zero-order valence-electron chi connectivity index (χ0n) is 12.8. The molecule has 3 aliphatic heterocycles. The molecule has 0 aromatic rings. The van der Waals surface area contributed by atoms with Crippen molar-refractivity contribution in [2.45, 2.75) is 19.3 Å². The quantitative estimate of drug-likeness (QED) is 0.531. The maximum Gasteiger partial charge on any atom is 0.124 e. The van der Waals surface area contributed by atoms with Crippen LogP contribution >= 0.6 is 8.37 Å². The van der Waals surface area contributed by atoms with Gasteiger partial charge in [0.2, 0.25) is 0 Å².